The van der Waals surface area contributed by atoms with E-state index in [9.17, 15) is 0 Å². The topological polar surface area (TPSA) is 43.8 Å². The summed E-state index contributed by atoms with van der Waals surface area (Å²) in [5, 5.41) is 8.96. The average Bonchev–Trinajstić information content (AvgIpc) is 2.77. The molecule has 0 radical (unpaired) electrons. The maximum absolute atomic E-state index is 5.97. The first kappa shape index (κ1) is 10.7. The molecule has 0 saturated carbocycles. The van der Waals surface area contributed by atoms with Crippen LogP contribution in [0.15, 0.2) is 29.2 Å². The standard InChI is InChI=1S/C10H12ClN3S/c1-7(12)10(8-2-3-15-6-8)14-5-9(11)4-13-14/h2-7,10H,12H2,1H3. The van der Waals surface area contributed by atoms with Crippen molar-refractivity contribution in [1.29, 1.82) is 0 Å². The minimum Gasteiger partial charge on any atom is -0.326 e. The fraction of sp³-hybridized carbons (Fsp3) is 0.300. The Hall–Kier alpha value is -0.840. The SMILES string of the molecule is CC(N)C(c1ccsc1)n1cc(Cl)cn1. The highest BCUT2D eigenvalue weighted by Gasteiger charge is 2.19. The van der Waals surface area contributed by atoms with Crippen molar-refractivity contribution in [1.82, 2.24) is 9.78 Å². The Balaban J connectivity index is 2.36. The van der Waals surface area contributed by atoms with Crippen LogP contribution in [0.3, 0.4) is 0 Å². The normalized spacial score (nSPS) is 15.1. The molecule has 2 aromatic rings. The van der Waals surface area contributed by atoms with Gasteiger partial charge in [0.15, 0.2) is 0 Å². The second kappa shape index (κ2) is 4.35. The minimum absolute atomic E-state index is 0.00410. The van der Waals surface area contributed by atoms with Crippen molar-refractivity contribution in [3.63, 3.8) is 0 Å². The first-order valence-electron chi connectivity index (χ1n) is 4.66. The summed E-state index contributed by atoms with van der Waals surface area (Å²) < 4.78 is 1.81. The molecule has 2 N–H and O–H groups in total. The number of nitrogens with two attached hydrogens (primary N) is 1. The zero-order chi connectivity index (χ0) is 10.8. The number of halogens is 1. The van der Waals surface area contributed by atoms with Gasteiger partial charge in [-0.05, 0) is 29.3 Å². The Labute approximate surface area is 97.5 Å². The maximum atomic E-state index is 5.97. The van der Waals surface area contributed by atoms with Gasteiger partial charge in [0.05, 0.1) is 17.3 Å². The van der Waals surface area contributed by atoms with Gasteiger partial charge < -0.3 is 5.73 Å². The lowest BCUT2D eigenvalue weighted by molar-refractivity contribution is 0.455. The summed E-state index contributed by atoms with van der Waals surface area (Å²) in [5.41, 5.74) is 7.15. The van der Waals surface area contributed by atoms with Crippen molar-refractivity contribution in [3.05, 3.63) is 39.8 Å². The number of thiophene rings is 1. The first-order chi connectivity index (χ1) is 7.18. The molecule has 0 saturated heterocycles. The third-order valence-corrected chi connectivity index (χ3v) is 3.13. The molecule has 2 unspecified atom stereocenters. The molecule has 2 heterocycles. The van der Waals surface area contributed by atoms with Crippen molar-refractivity contribution in [3.8, 4) is 0 Å². The highest BCUT2D eigenvalue weighted by atomic mass is 35.5. The van der Waals surface area contributed by atoms with Crippen LogP contribution in [0, 0.1) is 0 Å². The lowest BCUT2D eigenvalue weighted by atomic mass is 10.1. The molecule has 0 aliphatic rings. The van der Waals surface area contributed by atoms with Crippen molar-refractivity contribution in [2.24, 2.45) is 5.73 Å². The summed E-state index contributed by atoms with van der Waals surface area (Å²) in [4.78, 5) is 0. The minimum atomic E-state index is -0.00410. The van der Waals surface area contributed by atoms with Gasteiger partial charge in [-0.1, -0.05) is 11.6 Å². The molecule has 0 bridgehead atoms. The van der Waals surface area contributed by atoms with Gasteiger partial charge in [0.25, 0.3) is 0 Å². The van der Waals surface area contributed by atoms with E-state index in [4.69, 9.17) is 17.3 Å². The van der Waals surface area contributed by atoms with Crippen LogP contribution in [0.25, 0.3) is 0 Å². The lowest BCUT2D eigenvalue weighted by Crippen LogP contribution is -2.30. The number of nitrogens with zero attached hydrogens (tertiary/aromatic N) is 2. The van der Waals surface area contributed by atoms with Crippen LogP contribution >= 0.6 is 22.9 Å². The molecule has 0 spiro atoms. The Kier molecular flexibility index (Phi) is 3.09. The second-order valence-electron chi connectivity index (χ2n) is 3.50. The Morgan fingerprint density at radius 3 is 2.87 bits per heavy atom. The van der Waals surface area contributed by atoms with Crippen molar-refractivity contribution in [2.75, 3.05) is 0 Å². The molecular weight excluding hydrogens is 230 g/mol. The van der Waals surface area contributed by atoms with Gasteiger partial charge in [0.1, 0.15) is 0 Å². The van der Waals surface area contributed by atoms with E-state index in [1.54, 1.807) is 23.7 Å². The monoisotopic (exact) mass is 241 g/mol. The molecule has 2 rings (SSSR count). The Morgan fingerprint density at radius 2 is 2.40 bits per heavy atom. The van der Waals surface area contributed by atoms with E-state index in [-0.39, 0.29) is 12.1 Å². The van der Waals surface area contributed by atoms with Crippen LogP contribution in [0.2, 0.25) is 5.02 Å². The molecule has 0 fully saturated rings. The third-order valence-electron chi connectivity index (χ3n) is 2.24. The molecule has 15 heavy (non-hydrogen) atoms. The van der Waals surface area contributed by atoms with Gasteiger partial charge in [-0.15, -0.1) is 0 Å². The predicted octanol–water partition coefficient (Wildman–Crippen LogP) is 2.53. The molecule has 5 heteroatoms. The van der Waals surface area contributed by atoms with Crippen LogP contribution in [-0.2, 0) is 0 Å². The molecule has 0 aliphatic carbocycles. The largest absolute Gasteiger partial charge is 0.326 e. The quantitative estimate of drug-likeness (QED) is 0.898. The fourth-order valence-electron chi connectivity index (χ4n) is 1.61. The number of hydrogen-bond donors (Lipinski definition) is 1. The Bertz CT molecular complexity index is 422. The third kappa shape index (κ3) is 2.22. The molecular formula is C10H12ClN3S. The first-order valence-corrected chi connectivity index (χ1v) is 5.98. The van der Waals surface area contributed by atoms with Gasteiger partial charge in [-0.25, -0.2) is 0 Å². The van der Waals surface area contributed by atoms with Gasteiger partial charge >= 0.3 is 0 Å². The number of hydrogen-bond acceptors (Lipinski definition) is 3. The molecule has 2 aromatic heterocycles. The second-order valence-corrected chi connectivity index (χ2v) is 4.72. The molecule has 80 valence electrons. The van der Waals surface area contributed by atoms with E-state index in [2.05, 4.69) is 16.5 Å². The van der Waals surface area contributed by atoms with Crippen LogP contribution in [0.1, 0.15) is 18.5 Å². The van der Waals surface area contributed by atoms with Crippen molar-refractivity contribution < 1.29 is 0 Å². The zero-order valence-corrected chi connectivity index (χ0v) is 9.87. The molecule has 2 atom stereocenters. The number of aromatic nitrogens is 2. The van der Waals surface area contributed by atoms with E-state index >= 15 is 0 Å². The maximum Gasteiger partial charge on any atom is 0.0925 e. The highest BCUT2D eigenvalue weighted by Crippen LogP contribution is 2.23. The van der Waals surface area contributed by atoms with Crippen molar-refractivity contribution >= 4 is 22.9 Å². The van der Waals surface area contributed by atoms with E-state index < -0.39 is 0 Å². The summed E-state index contributed by atoms with van der Waals surface area (Å²) in [6, 6.07) is 2.12. The lowest BCUT2D eigenvalue weighted by Gasteiger charge is -2.20. The predicted molar refractivity (Wildman–Crippen MR) is 63.3 cm³/mol. The van der Waals surface area contributed by atoms with E-state index in [1.807, 2.05) is 17.0 Å². The van der Waals surface area contributed by atoms with E-state index in [1.165, 1.54) is 5.56 Å². The van der Waals surface area contributed by atoms with Gasteiger partial charge in [-0.2, -0.15) is 16.4 Å². The average molecular weight is 242 g/mol. The molecule has 0 aromatic carbocycles. The van der Waals surface area contributed by atoms with Crippen LogP contribution < -0.4 is 5.73 Å². The summed E-state index contributed by atoms with van der Waals surface area (Å²) in [7, 11) is 0. The van der Waals surface area contributed by atoms with Gasteiger partial charge in [-0.3, -0.25) is 4.68 Å². The van der Waals surface area contributed by atoms with Crippen LogP contribution in [-0.4, -0.2) is 15.8 Å². The Morgan fingerprint density at radius 1 is 1.60 bits per heavy atom. The van der Waals surface area contributed by atoms with Gasteiger partial charge in [0, 0.05) is 12.2 Å². The summed E-state index contributed by atoms with van der Waals surface area (Å²) in [5.74, 6) is 0. The summed E-state index contributed by atoms with van der Waals surface area (Å²) in [6.07, 6.45) is 3.43. The summed E-state index contributed by atoms with van der Waals surface area (Å²) >= 11 is 7.51. The molecule has 3 nitrogen and oxygen atoms in total. The number of rotatable bonds is 3. The summed E-state index contributed by atoms with van der Waals surface area (Å²) in [6.45, 7) is 1.97. The molecule has 0 aliphatic heterocycles. The fourth-order valence-corrected chi connectivity index (χ4v) is 2.44. The van der Waals surface area contributed by atoms with Crippen LogP contribution in [0.5, 0.6) is 0 Å². The molecule has 0 amide bonds. The highest BCUT2D eigenvalue weighted by molar-refractivity contribution is 7.07. The van der Waals surface area contributed by atoms with E-state index in [0.29, 0.717) is 5.02 Å². The van der Waals surface area contributed by atoms with Crippen molar-refractivity contribution in [2.45, 2.75) is 19.0 Å². The van der Waals surface area contributed by atoms with E-state index in [0.717, 1.165) is 0 Å². The zero-order valence-electron chi connectivity index (χ0n) is 8.30. The van der Waals surface area contributed by atoms with Crippen LogP contribution in [0.4, 0.5) is 0 Å². The smallest absolute Gasteiger partial charge is 0.0925 e. The van der Waals surface area contributed by atoms with Gasteiger partial charge in [0.2, 0.25) is 0 Å².